The first-order chi connectivity index (χ1) is 10.2. The lowest BCUT2D eigenvalue weighted by Gasteiger charge is -2.10. The van der Waals surface area contributed by atoms with Crippen LogP contribution in [0.3, 0.4) is 0 Å². The van der Waals surface area contributed by atoms with E-state index in [2.05, 4.69) is 20.6 Å². The highest BCUT2D eigenvalue weighted by molar-refractivity contribution is 5.94. The standard InChI is InChI=1S/C13H20N6O2/c1-2-21-13(20)12-11(8-17-9-18-12)19-10(6-15)7-16-5-3-4-14/h6-9,15-16,19H,2-5,14H2,1H3/b10-7+,15-6?. The van der Waals surface area contributed by atoms with Crippen molar-refractivity contribution in [2.75, 3.05) is 25.0 Å². The molecular weight excluding hydrogens is 272 g/mol. The number of nitrogens with zero attached hydrogens (tertiary/aromatic N) is 2. The lowest BCUT2D eigenvalue weighted by Crippen LogP contribution is -2.16. The number of nitrogens with one attached hydrogen (secondary N) is 3. The third-order valence-electron chi connectivity index (χ3n) is 2.40. The van der Waals surface area contributed by atoms with Gasteiger partial charge in [0, 0.05) is 19.0 Å². The highest BCUT2D eigenvalue weighted by atomic mass is 16.5. The molecule has 0 spiro atoms. The first-order valence-corrected chi connectivity index (χ1v) is 6.61. The number of allylic oxidation sites excluding steroid dienone is 1. The number of esters is 1. The number of nitrogens with two attached hydrogens (primary N) is 1. The van der Waals surface area contributed by atoms with Crippen LogP contribution < -0.4 is 16.4 Å². The molecule has 8 nitrogen and oxygen atoms in total. The van der Waals surface area contributed by atoms with Crippen molar-refractivity contribution in [3.63, 3.8) is 0 Å². The Morgan fingerprint density at radius 3 is 3.05 bits per heavy atom. The Bertz CT molecular complexity index is 503. The van der Waals surface area contributed by atoms with E-state index in [1.165, 1.54) is 12.5 Å². The van der Waals surface area contributed by atoms with Gasteiger partial charge in [-0.05, 0) is 19.9 Å². The monoisotopic (exact) mass is 292 g/mol. The molecule has 1 aromatic heterocycles. The molecule has 0 unspecified atom stereocenters. The van der Waals surface area contributed by atoms with Gasteiger partial charge in [-0.15, -0.1) is 0 Å². The summed E-state index contributed by atoms with van der Waals surface area (Å²) in [4.78, 5) is 19.5. The van der Waals surface area contributed by atoms with Crippen LogP contribution in [0, 0.1) is 5.41 Å². The molecule has 0 aliphatic rings. The van der Waals surface area contributed by atoms with Gasteiger partial charge in [0.1, 0.15) is 6.33 Å². The number of ether oxygens (including phenoxy) is 1. The second-order valence-electron chi connectivity index (χ2n) is 3.97. The van der Waals surface area contributed by atoms with Crippen molar-refractivity contribution in [3.05, 3.63) is 30.1 Å². The summed E-state index contributed by atoms with van der Waals surface area (Å²) in [5.41, 5.74) is 6.37. The largest absolute Gasteiger partial charge is 0.461 e. The van der Waals surface area contributed by atoms with E-state index in [0.717, 1.165) is 12.6 Å². The summed E-state index contributed by atoms with van der Waals surface area (Å²) in [6, 6.07) is 0. The molecular formula is C13H20N6O2. The molecule has 1 aromatic rings. The van der Waals surface area contributed by atoms with E-state index in [1.54, 1.807) is 13.1 Å². The fraction of sp³-hybridized carbons (Fsp3) is 0.385. The zero-order valence-electron chi connectivity index (χ0n) is 11.9. The summed E-state index contributed by atoms with van der Waals surface area (Å²) < 4.78 is 4.92. The highest BCUT2D eigenvalue weighted by Crippen LogP contribution is 2.13. The number of hydrogen-bond acceptors (Lipinski definition) is 8. The first kappa shape index (κ1) is 16.6. The zero-order chi connectivity index (χ0) is 15.5. The maximum absolute atomic E-state index is 11.8. The minimum atomic E-state index is -0.539. The fourth-order valence-electron chi connectivity index (χ4n) is 1.44. The van der Waals surface area contributed by atoms with Crippen molar-refractivity contribution in [3.8, 4) is 0 Å². The summed E-state index contributed by atoms with van der Waals surface area (Å²) in [6.07, 6.45) is 6.30. The van der Waals surface area contributed by atoms with Gasteiger partial charge < -0.3 is 26.5 Å². The molecule has 0 amide bonds. The van der Waals surface area contributed by atoms with E-state index < -0.39 is 5.97 Å². The maximum atomic E-state index is 11.8. The summed E-state index contributed by atoms with van der Waals surface area (Å²) in [7, 11) is 0. The van der Waals surface area contributed by atoms with Crippen LogP contribution in [0.15, 0.2) is 24.4 Å². The topological polar surface area (TPSA) is 126 Å². The lowest BCUT2D eigenvalue weighted by molar-refractivity contribution is 0.0520. The van der Waals surface area contributed by atoms with Crippen molar-refractivity contribution in [1.29, 1.82) is 5.41 Å². The molecule has 0 atom stereocenters. The van der Waals surface area contributed by atoms with Crippen molar-refractivity contribution in [1.82, 2.24) is 15.3 Å². The summed E-state index contributed by atoms with van der Waals surface area (Å²) in [5.74, 6) is -0.539. The summed E-state index contributed by atoms with van der Waals surface area (Å²) >= 11 is 0. The highest BCUT2D eigenvalue weighted by Gasteiger charge is 2.14. The van der Waals surface area contributed by atoms with Crippen molar-refractivity contribution in [2.45, 2.75) is 13.3 Å². The van der Waals surface area contributed by atoms with Crippen molar-refractivity contribution < 1.29 is 9.53 Å². The smallest absolute Gasteiger partial charge is 0.359 e. The molecule has 114 valence electrons. The third kappa shape index (κ3) is 5.57. The van der Waals surface area contributed by atoms with Crippen molar-refractivity contribution in [2.24, 2.45) is 5.73 Å². The Balaban J connectivity index is 2.80. The molecule has 0 saturated carbocycles. The van der Waals surface area contributed by atoms with E-state index >= 15 is 0 Å². The Morgan fingerprint density at radius 2 is 2.38 bits per heavy atom. The maximum Gasteiger partial charge on any atom is 0.359 e. The number of carbonyl (C=O) groups excluding carboxylic acids is 1. The third-order valence-corrected chi connectivity index (χ3v) is 2.40. The number of anilines is 1. The predicted molar refractivity (Wildman–Crippen MR) is 80.2 cm³/mol. The first-order valence-electron chi connectivity index (χ1n) is 6.61. The fourth-order valence-corrected chi connectivity index (χ4v) is 1.44. The number of carbonyl (C=O) groups is 1. The van der Waals surface area contributed by atoms with Gasteiger partial charge in [-0.2, -0.15) is 0 Å². The van der Waals surface area contributed by atoms with Crippen LogP contribution in [-0.2, 0) is 4.74 Å². The van der Waals surface area contributed by atoms with Crippen molar-refractivity contribution >= 4 is 17.9 Å². The van der Waals surface area contributed by atoms with E-state index in [-0.39, 0.29) is 12.3 Å². The molecule has 21 heavy (non-hydrogen) atoms. The number of hydrogen-bond donors (Lipinski definition) is 4. The Morgan fingerprint density at radius 1 is 1.57 bits per heavy atom. The molecule has 1 rings (SSSR count). The normalized spacial score (nSPS) is 10.9. The van der Waals surface area contributed by atoms with Gasteiger partial charge in [0.2, 0.25) is 0 Å². The van der Waals surface area contributed by atoms with Gasteiger partial charge in [-0.1, -0.05) is 0 Å². The second kappa shape index (κ2) is 9.43. The van der Waals surface area contributed by atoms with Crippen LogP contribution in [0.4, 0.5) is 5.69 Å². The molecule has 1 heterocycles. The van der Waals surface area contributed by atoms with E-state index in [0.29, 0.717) is 24.5 Å². The molecule has 0 aromatic carbocycles. The van der Waals surface area contributed by atoms with Crippen LogP contribution in [0.25, 0.3) is 0 Å². The van der Waals surface area contributed by atoms with E-state index in [4.69, 9.17) is 15.9 Å². The van der Waals surface area contributed by atoms with E-state index in [9.17, 15) is 4.79 Å². The lowest BCUT2D eigenvalue weighted by atomic mass is 10.3. The Kier molecular flexibility index (Phi) is 7.44. The molecule has 0 radical (unpaired) electrons. The molecule has 5 N–H and O–H groups in total. The van der Waals surface area contributed by atoms with Gasteiger partial charge >= 0.3 is 5.97 Å². The van der Waals surface area contributed by atoms with Crippen LogP contribution in [0.5, 0.6) is 0 Å². The van der Waals surface area contributed by atoms with Gasteiger partial charge in [0.25, 0.3) is 0 Å². The average Bonchev–Trinajstić information content (AvgIpc) is 2.51. The Hall–Kier alpha value is -2.48. The van der Waals surface area contributed by atoms with Gasteiger partial charge in [0.05, 0.1) is 24.2 Å². The van der Waals surface area contributed by atoms with Gasteiger partial charge in [-0.25, -0.2) is 14.8 Å². The van der Waals surface area contributed by atoms with Crippen LogP contribution >= 0.6 is 0 Å². The molecule has 0 aliphatic heterocycles. The van der Waals surface area contributed by atoms with Gasteiger partial charge in [0.15, 0.2) is 5.69 Å². The summed E-state index contributed by atoms with van der Waals surface area (Å²) in [5, 5.41) is 13.3. The zero-order valence-corrected chi connectivity index (χ0v) is 11.9. The molecule has 0 aliphatic carbocycles. The van der Waals surface area contributed by atoms with E-state index in [1.807, 2.05) is 0 Å². The molecule has 0 fully saturated rings. The molecule has 0 saturated heterocycles. The van der Waals surface area contributed by atoms with Crippen LogP contribution in [0.2, 0.25) is 0 Å². The number of aromatic nitrogens is 2. The average molecular weight is 292 g/mol. The molecule has 0 bridgehead atoms. The SMILES string of the molecule is CCOC(=O)c1ncncc1N/C(C=N)=C/NCCCN. The van der Waals surface area contributed by atoms with Crippen LogP contribution in [0.1, 0.15) is 23.8 Å². The predicted octanol–water partition coefficient (Wildman–Crippen LogP) is 0.495. The second-order valence-corrected chi connectivity index (χ2v) is 3.97. The number of rotatable bonds is 9. The summed E-state index contributed by atoms with van der Waals surface area (Å²) in [6.45, 7) is 3.27. The quantitative estimate of drug-likeness (QED) is 0.296. The minimum Gasteiger partial charge on any atom is -0.461 e. The molecule has 8 heteroatoms. The Labute approximate surface area is 123 Å². The van der Waals surface area contributed by atoms with Crippen LogP contribution in [-0.4, -0.2) is 41.8 Å². The van der Waals surface area contributed by atoms with Gasteiger partial charge in [-0.3, -0.25) is 0 Å². The minimum absolute atomic E-state index is 0.126.